The van der Waals surface area contributed by atoms with Gasteiger partial charge in [0.2, 0.25) is 0 Å². The first-order chi connectivity index (χ1) is 14.0. The van der Waals surface area contributed by atoms with Crippen molar-refractivity contribution in [1.82, 2.24) is 19.7 Å². The average molecular weight is 414 g/mol. The van der Waals surface area contributed by atoms with Crippen molar-refractivity contribution in [3.05, 3.63) is 77.1 Å². The molecule has 150 valence electrons. The van der Waals surface area contributed by atoms with Crippen LogP contribution >= 0.6 is 11.8 Å². The Balaban J connectivity index is 1.52. The molecule has 1 saturated heterocycles. The normalized spacial score (nSPS) is 16.4. The molecule has 2 heterocycles. The Morgan fingerprint density at radius 2 is 1.93 bits per heavy atom. The summed E-state index contributed by atoms with van der Waals surface area (Å²) in [6, 6.07) is 13.1. The number of nitrogens with zero attached hydrogens (tertiary/aromatic N) is 4. The summed E-state index contributed by atoms with van der Waals surface area (Å²) >= 11 is 1.58. The van der Waals surface area contributed by atoms with Crippen LogP contribution in [0.25, 0.3) is 0 Å². The summed E-state index contributed by atoms with van der Waals surface area (Å²) in [5, 5.41) is 9.40. The van der Waals surface area contributed by atoms with Gasteiger partial charge in [0.05, 0.1) is 6.04 Å². The van der Waals surface area contributed by atoms with Gasteiger partial charge >= 0.3 is 0 Å². The predicted octanol–water partition coefficient (Wildman–Crippen LogP) is 4.36. The van der Waals surface area contributed by atoms with Gasteiger partial charge in [-0.15, -0.1) is 10.2 Å². The highest BCUT2D eigenvalue weighted by Crippen LogP contribution is 2.34. The third-order valence-corrected chi connectivity index (χ3v) is 6.15. The number of halogens is 2. The molecular formula is C21H20F2N4OS. The van der Waals surface area contributed by atoms with Crippen LogP contribution in [0.1, 0.15) is 40.6 Å². The molecule has 4 rings (SSSR count). The molecule has 1 atom stereocenters. The van der Waals surface area contributed by atoms with Crippen LogP contribution in [0.3, 0.4) is 0 Å². The highest BCUT2D eigenvalue weighted by atomic mass is 32.2. The van der Waals surface area contributed by atoms with Gasteiger partial charge in [0.1, 0.15) is 0 Å². The standard InChI is InChI=1S/C21H20F2N4OS/c1-26-19(24-25-21(26)29-13-14-6-3-2-4-7-14)18-8-5-11-27(18)20(28)15-9-10-16(22)17(23)12-15/h2-4,6-7,9-10,12,18H,5,8,11,13H2,1H3/t18-/m0/s1. The third-order valence-electron chi connectivity index (χ3n) is 5.06. The molecule has 0 aliphatic carbocycles. The fourth-order valence-electron chi connectivity index (χ4n) is 3.54. The van der Waals surface area contributed by atoms with E-state index >= 15 is 0 Å². The van der Waals surface area contributed by atoms with Crippen molar-refractivity contribution in [2.45, 2.75) is 29.8 Å². The number of rotatable bonds is 5. The summed E-state index contributed by atoms with van der Waals surface area (Å²) in [4.78, 5) is 14.6. The van der Waals surface area contributed by atoms with E-state index in [2.05, 4.69) is 22.3 Å². The largest absolute Gasteiger partial charge is 0.328 e. The molecule has 0 spiro atoms. The fraction of sp³-hybridized carbons (Fsp3) is 0.286. The van der Waals surface area contributed by atoms with Crippen LogP contribution in [0.2, 0.25) is 0 Å². The van der Waals surface area contributed by atoms with Crippen LogP contribution in [0.15, 0.2) is 53.7 Å². The van der Waals surface area contributed by atoms with Crippen LogP contribution in [-0.2, 0) is 12.8 Å². The van der Waals surface area contributed by atoms with Gasteiger partial charge in [0.25, 0.3) is 5.91 Å². The molecule has 0 radical (unpaired) electrons. The molecular weight excluding hydrogens is 394 g/mol. The van der Waals surface area contributed by atoms with E-state index in [-0.39, 0.29) is 17.5 Å². The van der Waals surface area contributed by atoms with Crippen molar-refractivity contribution in [2.75, 3.05) is 6.54 Å². The lowest BCUT2D eigenvalue weighted by Gasteiger charge is -2.24. The molecule has 29 heavy (non-hydrogen) atoms. The highest BCUT2D eigenvalue weighted by Gasteiger charge is 2.34. The fourth-order valence-corrected chi connectivity index (χ4v) is 4.41. The number of aromatic nitrogens is 3. The maximum atomic E-state index is 13.6. The lowest BCUT2D eigenvalue weighted by Crippen LogP contribution is -2.32. The van der Waals surface area contributed by atoms with E-state index in [9.17, 15) is 13.6 Å². The van der Waals surface area contributed by atoms with Crippen LogP contribution in [0.5, 0.6) is 0 Å². The SMILES string of the molecule is Cn1c(SCc2ccccc2)nnc1[C@@H]1CCCN1C(=O)c1ccc(F)c(F)c1. The van der Waals surface area contributed by atoms with Gasteiger partial charge in [-0.1, -0.05) is 42.1 Å². The number of carbonyl (C=O) groups is 1. The first kappa shape index (κ1) is 19.6. The zero-order chi connectivity index (χ0) is 20.4. The molecule has 3 aromatic rings. The van der Waals surface area contributed by atoms with Gasteiger partial charge in [0, 0.05) is 24.9 Å². The van der Waals surface area contributed by atoms with Crippen LogP contribution in [0.4, 0.5) is 8.78 Å². The summed E-state index contributed by atoms with van der Waals surface area (Å²) in [6.45, 7) is 0.543. The Labute approximate surface area is 171 Å². The van der Waals surface area contributed by atoms with E-state index in [1.165, 1.54) is 11.6 Å². The second-order valence-electron chi connectivity index (χ2n) is 6.96. The lowest BCUT2D eigenvalue weighted by atomic mass is 10.1. The maximum Gasteiger partial charge on any atom is 0.254 e. The topological polar surface area (TPSA) is 51.0 Å². The monoisotopic (exact) mass is 414 g/mol. The van der Waals surface area contributed by atoms with Gasteiger partial charge in [0.15, 0.2) is 22.6 Å². The summed E-state index contributed by atoms with van der Waals surface area (Å²) in [6.07, 6.45) is 1.57. The number of benzene rings is 2. The third kappa shape index (κ3) is 4.03. The molecule has 1 aliphatic heterocycles. The summed E-state index contributed by atoms with van der Waals surface area (Å²) in [7, 11) is 1.89. The molecule has 0 saturated carbocycles. The Morgan fingerprint density at radius 3 is 2.69 bits per heavy atom. The zero-order valence-corrected chi connectivity index (χ0v) is 16.7. The first-order valence-corrected chi connectivity index (χ1v) is 10.3. The molecule has 1 amide bonds. The zero-order valence-electron chi connectivity index (χ0n) is 15.9. The van der Waals surface area contributed by atoms with Crippen molar-refractivity contribution in [3.63, 3.8) is 0 Å². The molecule has 0 unspecified atom stereocenters. The molecule has 0 bridgehead atoms. The number of amides is 1. The number of thioether (sulfide) groups is 1. The van der Waals surface area contributed by atoms with Gasteiger partial charge in [-0.2, -0.15) is 0 Å². The minimum Gasteiger partial charge on any atom is -0.328 e. The Morgan fingerprint density at radius 1 is 1.14 bits per heavy atom. The van der Waals surface area contributed by atoms with Gasteiger partial charge in [-0.05, 0) is 36.6 Å². The van der Waals surface area contributed by atoms with Crippen LogP contribution < -0.4 is 0 Å². The van der Waals surface area contributed by atoms with E-state index in [1.54, 1.807) is 16.7 Å². The molecule has 2 aromatic carbocycles. The van der Waals surface area contributed by atoms with Crippen LogP contribution in [0, 0.1) is 11.6 Å². The molecule has 1 fully saturated rings. The number of hydrogen-bond donors (Lipinski definition) is 0. The number of likely N-dealkylation sites (tertiary alicyclic amines) is 1. The van der Waals surface area contributed by atoms with E-state index in [0.717, 1.165) is 35.9 Å². The van der Waals surface area contributed by atoms with E-state index in [1.807, 2.05) is 29.8 Å². The molecule has 0 N–H and O–H groups in total. The lowest BCUT2D eigenvalue weighted by molar-refractivity contribution is 0.0727. The molecule has 1 aromatic heterocycles. The van der Waals surface area contributed by atoms with Crippen molar-refractivity contribution < 1.29 is 13.6 Å². The van der Waals surface area contributed by atoms with E-state index in [0.29, 0.717) is 12.4 Å². The van der Waals surface area contributed by atoms with Crippen LogP contribution in [-0.4, -0.2) is 32.1 Å². The summed E-state index contributed by atoms with van der Waals surface area (Å²) in [5.41, 5.74) is 1.33. The van der Waals surface area contributed by atoms with Crippen molar-refractivity contribution >= 4 is 17.7 Å². The highest BCUT2D eigenvalue weighted by molar-refractivity contribution is 7.98. The minimum absolute atomic E-state index is 0.136. The molecule has 1 aliphatic rings. The molecule has 5 nitrogen and oxygen atoms in total. The number of hydrogen-bond acceptors (Lipinski definition) is 4. The van der Waals surface area contributed by atoms with Crippen molar-refractivity contribution in [1.29, 1.82) is 0 Å². The van der Waals surface area contributed by atoms with Gasteiger partial charge < -0.3 is 9.47 Å². The summed E-state index contributed by atoms with van der Waals surface area (Å²) in [5.74, 6) is -0.839. The van der Waals surface area contributed by atoms with E-state index in [4.69, 9.17) is 0 Å². The summed E-state index contributed by atoms with van der Waals surface area (Å²) < 4.78 is 28.7. The van der Waals surface area contributed by atoms with E-state index < -0.39 is 11.6 Å². The van der Waals surface area contributed by atoms with Gasteiger partial charge in [-0.25, -0.2) is 8.78 Å². The average Bonchev–Trinajstić information content (AvgIpc) is 3.35. The quantitative estimate of drug-likeness (QED) is 0.582. The first-order valence-electron chi connectivity index (χ1n) is 9.36. The number of carbonyl (C=O) groups excluding carboxylic acids is 1. The second-order valence-corrected chi connectivity index (χ2v) is 7.90. The second kappa shape index (κ2) is 8.32. The smallest absolute Gasteiger partial charge is 0.254 e. The Kier molecular flexibility index (Phi) is 5.62. The van der Waals surface area contributed by atoms with Crippen molar-refractivity contribution in [2.24, 2.45) is 7.05 Å². The minimum atomic E-state index is -1.02. The van der Waals surface area contributed by atoms with Gasteiger partial charge in [-0.3, -0.25) is 4.79 Å². The molecule has 8 heteroatoms. The van der Waals surface area contributed by atoms with Crippen molar-refractivity contribution in [3.8, 4) is 0 Å². The maximum absolute atomic E-state index is 13.6. The Bertz CT molecular complexity index is 1020. The predicted molar refractivity (Wildman–Crippen MR) is 106 cm³/mol. The Hall–Kier alpha value is -2.74.